The normalized spacial score (nSPS) is 12.4. The van der Waals surface area contributed by atoms with Gasteiger partial charge in [-0.2, -0.15) is 4.57 Å². The third kappa shape index (κ3) is 1.35. The second-order valence-electron chi connectivity index (χ2n) is 4.24. The number of aryl methyl sites for hydroxylation is 1. The second-order valence-corrected chi connectivity index (χ2v) is 4.24. The van der Waals surface area contributed by atoms with E-state index in [1.807, 2.05) is 36.2 Å². The van der Waals surface area contributed by atoms with Crippen LogP contribution in [0.1, 0.15) is 5.56 Å². The first-order valence-electron chi connectivity index (χ1n) is 5.76. The van der Waals surface area contributed by atoms with Crippen LogP contribution >= 0.6 is 0 Å². The lowest BCUT2D eigenvalue weighted by Gasteiger charge is -2.16. The number of methoxy groups -OCH3 is 2. The zero-order chi connectivity index (χ0) is 12.7. The summed E-state index contributed by atoms with van der Waals surface area (Å²) >= 11 is 0. The van der Waals surface area contributed by atoms with Crippen molar-refractivity contribution in [3.8, 4) is 11.5 Å². The highest BCUT2D eigenvalue weighted by Crippen LogP contribution is 2.40. The average Bonchev–Trinajstić information content (AvgIpc) is 2.41. The monoisotopic (exact) mass is 243 g/mol. The molecule has 4 nitrogen and oxygen atoms in total. The number of pyridine rings is 1. The summed E-state index contributed by atoms with van der Waals surface area (Å²) in [7, 11) is 5.33. The molecule has 3 rings (SSSR count). The van der Waals surface area contributed by atoms with E-state index in [2.05, 4.69) is 11.4 Å². The summed E-state index contributed by atoms with van der Waals surface area (Å²) in [5.41, 5.74) is 3.25. The first kappa shape index (κ1) is 10.9. The smallest absolute Gasteiger partial charge is 0.261 e. The van der Waals surface area contributed by atoms with Gasteiger partial charge in [0, 0.05) is 12.3 Å². The molecular formula is C14H15N2O2+. The van der Waals surface area contributed by atoms with Gasteiger partial charge >= 0.3 is 0 Å². The molecule has 1 aromatic heterocycles. The lowest BCUT2D eigenvalue weighted by atomic mass is 10.0. The van der Waals surface area contributed by atoms with Crippen molar-refractivity contribution in [1.82, 2.24) is 0 Å². The molecule has 0 fully saturated rings. The highest BCUT2D eigenvalue weighted by Gasteiger charge is 2.23. The van der Waals surface area contributed by atoms with Gasteiger partial charge in [-0.1, -0.05) is 0 Å². The van der Waals surface area contributed by atoms with E-state index in [4.69, 9.17) is 9.47 Å². The minimum atomic E-state index is 0.749. The van der Waals surface area contributed by atoms with Crippen LogP contribution in [-0.4, -0.2) is 14.2 Å². The van der Waals surface area contributed by atoms with Gasteiger partial charge in [0.1, 0.15) is 7.05 Å². The highest BCUT2D eigenvalue weighted by atomic mass is 16.5. The molecule has 0 saturated carbocycles. The standard InChI is InChI=1S/C14H14N2O2/c1-16-7-5-10-12-9(4-6-15-10)8-11(17-2)14(18-3)13(12)16/h4-8H,1-3H3/p+1. The molecule has 0 saturated heterocycles. The molecule has 1 aliphatic rings. The third-order valence-corrected chi connectivity index (χ3v) is 3.26. The van der Waals surface area contributed by atoms with Crippen LogP contribution in [0.15, 0.2) is 24.5 Å². The maximum Gasteiger partial charge on any atom is 0.261 e. The number of anilines is 1. The number of nitrogens with zero attached hydrogens (tertiary/aromatic N) is 1. The van der Waals surface area contributed by atoms with Crippen LogP contribution in [0.2, 0.25) is 0 Å². The second kappa shape index (κ2) is 3.91. The van der Waals surface area contributed by atoms with E-state index < -0.39 is 0 Å². The van der Waals surface area contributed by atoms with Crippen LogP contribution in [0.25, 0.3) is 17.0 Å². The van der Waals surface area contributed by atoms with Gasteiger partial charge in [-0.05, 0) is 17.7 Å². The summed E-state index contributed by atoms with van der Waals surface area (Å²) in [6.07, 6.45) is 5.98. The van der Waals surface area contributed by atoms with Gasteiger partial charge in [-0.3, -0.25) is 0 Å². The zero-order valence-corrected chi connectivity index (χ0v) is 10.7. The Hall–Kier alpha value is -2.23. The maximum absolute atomic E-state index is 5.51. The number of ether oxygens (including phenoxy) is 2. The molecule has 0 amide bonds. The van der Waals surface area contributed by atoms with Crippen molar-refractivity contribution in [3.63, 3.8) is 0 Å². The summed E-state index contributed by atoms with van der Waals surface area (Å²) in [6, 6.07) is 4.06. The largest absolute Gasteiger partial charge is 0.493 e. The summed E-state index contributed by atoms with van der Waals surface area (Å²) in [4.78, 5) is 0. The molecule has 0 bridgehead atoms. The van der Waals surface area contributed by atoms with Gasteiger partial charge in [0.25, 0.3) is 5.52 Å². The van der Waals surface area contributed by atoms with E-state index in [0.717, 1.165) is 33.7 Å². The summed E-state index contributed by atoms with van der Waals surface area (Å²) in [6.45, 7) is 0. The molecule has 0 radical (unpaired) electrons. The Morgan fingerprint density at radius 2 is 2.06 bits per heavy atom. The Labute approximate surface area is 105 Å². The number of benzene rings is 1. The van der Waals surface area contributed by atoms with Crippen molar-refractivity contribution in [1.29, 1.82) is 0 Å². The van der Waals surface area contributed by atoms with E-state index in [9.17, 15) is 0 Å². The molecule has 0 atom stereocenters. The topological polar surface area (TPSA) is 34.4 Å². The van der Waals surface area contributed by atoms with Crippen LogP contribution in [0, 0.1) is 0 Å². The molecule has 1 aromatic carbocycles. The van der Waals surface area contributed by atoms with Crippen molar-refractivity contribution >= 4 is 22.7 Å². The average molecular weight is 243 g/mol. The molecule has 18 heavy (non-hydrogen) atoms. The molecule has 4 heteroatoms. The van der Waals surface area contributed by atoms with E-state index in [1.165, 1.54) is 0 Å². The Morgan fingerprint density at radius 3 is 2.78 bits per heavy atom. The molecule has 0 aliphatic carbocycles. The highest BCUT2D eigenvalue weighted by molar-refractivity contribution is 6.02. The minimum Gasteiger partial charge on any atom is -0.493 e. The van der Waals surface area contributed by atoms with Crippen molar-refractivity contribution in [3.05, 3.63) is 30.1 Å². The fraction of sp³-hybridized carbons (Fsp3) is 0.214. The van der Waals surface area contributed by atoms with Gasteiger partial charge in [0.2, 0.25) is 5.75 Å². The molecule has 92 valence electrons. The Morgan fingerprint density at radius 1 is 1.22 bits per heavy atom. The fourth-order valence-electron chi connectivity index (χ4n) is 2.43. The first-order chi connectivity index (χ1) is 8.76. The van der Waals surface area contributed by atoms with E-state index >= 15 is 0 Å². The summed E-state index contributed by atoms with van der Waals surface area (Å²) in [5.74, 6) is 1.51. The number of hydrogen-bond donors (Lipinski definition) is 1. The molecule has 1 aliphatic heterocycles. The predicted molar refractivity (Wildman–Crippen MR) is 70.9 cm³/mol. The number of aromatic nitrogens is 1. The molecule has 0 unspecified atom stereocenters. The van der Waals surface area contributed by atoms with Crippen molar-refractivity contribution in [2.45, 2.75) is 0 Å². The van der Waals surface area contributed by atoms with E-state index in [-0.39, 0.29) is 0 Å². The van der Waals surface area contributed by atoms with Gasteiger partial charge in [-0.15, -0.1) is 0 Å². The molecule has 1 N–H and O–H groups in total. The molecule has 2 aromatic rings. The summed E-state index contributed by atoms with van der Waals surface area (Å²) in [5, 5.41) is 4.41. The Kier molecular flexibility index (Phi) is 2.37. The Bertz CT molecular complexity index is 663. The maximum atomic E-state index is 5.51. The number of hydrogen-bond acceptors (Lipinski definition) is 3. The van der Waals surface area contributed by atoms with Crippen LogP contribution in [-0.2, 0) is 7.05 Å². The van der Waals surface area contributed by atoms with Gasteiger partial charge in [0.15, 0.2) is 11.9 Å². The summed E-state index contributed by atoms with van der Waals surface area (Å²) < 4.78 is 13.0. The zero-order valence-electron chi connectivity index (χ0n) is 10.7. The van der Waals surface area contributed by atoms with Crippen molar-refractivity contribution in [2.75, 3.05) is 19.5 Å². The number of nitrogens with one attached hydrogen (secondary N) is 1. The number of rotatable bonds is 2. The predicted octanol–water partition coefficient (Wildman–Crippen LogP) is 2.08. The Balaban J connectivity index is 2.52. The lowest BCUT2D eigenvalue weighted by Crippen LogP contribution is -2.29. The fourth-order valence-corrected chi connectivity index (χ4v) is 2.43. The lowest BCUT2D eigenvalue weighted by molar-refractivity contribution is -0.645. The van der Waals surface area contributed by atoms with Crippen LogP contribution in [0.3, 0.4) is 0 Å². The first-order valence-corrected chi connectivity index (χ1v) is 5.76. The van der Waals surface area contributed by atoms with Crippen LogP contribution in [0.4, 0.5) is 5.69 Å². The van der Waals surface area contributed by atoms with Crippen LogP contribution < -0.4 is 19.4 Å². The SMILES string of the molecule is COc1cc2c3c(cc[n+](C)c3c1OC)NC=C2. The van der Waals surface area contributed by atoms with E-state index in [1.54, 1.807) is 14.2 Å². The van der Waals surface area contributed by atoms with Crippen molar-refractivity contribution < 1.29 is 14.0 Å². The van der Waals surface area contributed by atoms with Crippen molar-refractivity contribution in [2.24, 2.45) is 7.05 Å². The van der Waals surface area contributed by atoms with Gasteiger partial charge in [-0.25, -0.2) is 0 Å². The van der Waals surface area contributed by atoms with Crippen LogP contribution in [0.5, 0.6) is 11.5 Å². The third-order valence-electron chi connectivity index (χ3n) is 3.26. The quantitative estimate of drug-likeness (QED) is 0.820. The molecule has 0 spiro atoms. The van der Waals surface area contributed by atoms with Gasteiger partial charge in [0.05, 0.1) is 25.3 Å². The molecule has 2 heterocycles. The molecular weight excluding hydrogens is 228 g/mol. The minimum absolute atomic E-state index is 0.749. The van der Waals surface area contributed by atoms with Gasteiger partial charge < -0.3 is 14.8 Å². The van der Waals surface area contributed by atoms with E-state index in [0.29, 0.717) is 0 Å².